The second-order valence-corrected chi connectivity index (χ2v) is 3.13. The maximum Gasteiger partial charge on any atom is 0.193 e. The third-order valence-corrected chi connectivity index (χ3v) is 1.86. The minimum atomic E-state index is 0.441. The molecule has 7 heteroatoms. The Morgan fingerprint density at radius 1 is 1.53 bits per heavy atom. The van der Waals surface area contributed by atoms with E-state index in [0.29, 0.717) is 23.9 Å². The van der Waals surface area contributed by atoms with Crippen LogP contribution in [0.3, 0.4) is 0 Å². The van der Waals surface area contributed by atoms with Gasteiger partial charge in [0, 0.05) is 6.20 Å². The lowest BCUT2D eigenvalue weighted by atomic mass is 10.3. The third-order valence-electron chi connectivity index (χ3n) is 1.86. The summed E-state index contributed by atoms with van der Waals surface area (Å²) in [4.78, 5) is 4.15. The Morgan fingerprint density at radius 2 is 2.40 bits per heavy atom. The summed E-state index contributed by atoms with van der Waals surface area (Å²) >= 11 is 0. The maximum absolute atomic E-state index is 5.77. The molecule has 2 rings (SSSR count). The predicted molar refractivity (Wildman–Crippen MR) is 54.9 cm³/mol. The molecule has 0 fully saturated rings. The van der Waals surface area contributed by atoms with E-state index in [9.17, 15) is 0 Å². The Morgan fingerprint density at radius 3 is 3.07 bits per heavy atom. The number of anilines is 2. The predicted octanol–water partition coefficient (Wildman–Crippen LogP) is 0.0974. The highest BCUT2D eigenvalue weighted by atomic mass is 15.5. The first-order valence-electron chi connectivity index (χ1n) is 4.44. The van der Waals surface area contributed by atoms with E-state index in [0.717, 1.165) is 5.56 Å². The second-order valence-electron chi connectivity index (χ2n) is 3.13. The van der Waals surface area contributed by atoms with E-state index < -0.39 is 0 Å². The smallest absolute Gasteiger partial charge is 0.193 e. The fourth-order valence-electron chi connectivity index (χ4n) is 1.16. The van der Waals surface area contributed by atoms with Crippen LogP contribution in [-0.2, 0) is 6.54 Å². The zero-order valence-electron chi connectivity index (χ0n) is 8.23. The van der Waals surface area contributed by atoms with Crippen molar-refractivity contribution in [3.63, 3.8) is 0 Å². The SMILES string of the molecule is Cc1cnc(NCc2nn[nH]n2)c(N)c1. The number of hydrogen-bond acceptors (Lipinski definition) is 6. The summed E-state index contributed by atoms with van der Waals surface area (Å²) in [6.07, 6.45) is 1.74. The summed E-state index contributed by atoms with van der Waals surface area (Å²) in [5.74, 6) is 1.20. The van der Waals surface area contributed by atoms with Crippen molar-refractivity contribution >= 4 is 11.5 Å². The first-order chi connectivity index (χ1) is 7.25. The van der Waals surface area contributed by atoms with Gasteiger partial charge in [0.25, 0.3) is 0 Å². The van der Waals surface area contributed by atoms with Crippen LogP contribution in [0.25, 0.3) is 0 Å². The number of nitrogens with two attached hydrogens (primary N) is 1. The van der Waals surface area contributed by atoms with E-state index in [-0.39, 0.29) is 0 Å². The molecule has 2 aromatic rings. The lowest BCUT2D eigenvalue weighted by Gasteiger charge is -2.06. The monoisotopic (exact) mass is 205 g/mol. The number of rotatable bonds is 3. The van der Waals surface area contributed by atoms with Gasteiger partial charge in [-0.25, -0.2) is 4.98 Å². The minimum absolute atomic E-state index is 0.441. The Hall–Kier alpha value is -2.18. The van der Waals surface area contributed by atoms with Gasteiger partial charge in [-0.15, -0.1) is 10.2 Å². The number of hydrogen-bond donors (Lipinski definition) is 3. The van der Waals surface area contributed by atoms with Crippen molar-refractivity contribution in [3.8, 4) is 0 Å². The first-order valence-corrected chi connectivity index (χ1v) is 4.44. The van der Waals surface area contributed by atoms with Gasteiger partial charge in [-0.3, -0.25) is 0 Å². The van der Waals surface area contributed by atoms with Crippen LogP contribution in [0.1, 0.15) is 11.4 Å². The van der Waals surface area contributed by atoms with Gasteiger partial charge in [-0.05, 0) is 18.6 Å². The third kappa shape index (κ3) is 2.19. The molecule has 4 N–H and O–H groups in total. The zero-order valence-corrected chi connectivity index (χ0v) is 8.23. The fourth-order valence-corrected chi connectivity index (χ4v) is 1.16. The Kier molecular flexibility index (Phi) is 2.44. The highest BCUT2D eigenvalue weighted by molar-refractivity contribution is 5.61. The molecular formula is C8H11N7. The van der Waals surface area contributed by atoms with Gasteiger partial charge in [0.1, 0.15) is 5.82 Å². The number of tetrazole rings is 1. The standard InChI is InChI=1S/C8H11N7/c1-5-2-6(9)8(10-3-5)11-4-7-12-14-15-13-7/h2-3H,4,9H2,1H3,(H,10,11)(H,12,13,14,15). The molecule has 0 radical (unpaired) electrons. The normalized spacial score (nSPS) is 10.2. The van der Waals surface area contributed by atoms with Gasteiger partial charge >= 0.3 is 0 Å². The molecule has 78 valence electrons. The van der Waals surface area contributed by atoms with E-state index in [1.54, 1.807) is 6.20 Å². The molecule has 2 heterocycles. The number of aromatic amines is 1. The molecule has 15 heavy (non-hydrogen) atoms. The second kappa shape index (κ2) is 3.91. The maximum atomic E-state index is 5.77. The number of aryl methyl sites for hydroxylation is 1. The Balaban J connectivity index is 2.05. The van der Waals surface area contributed by atoms with Gasteiger partial charge in [-0.1, -0.05) is 5.21 Å². The summed E-state index contributed by atoms with van der Waals surface area (Å²) in [6.45, 7) is 2.38. The van der Waals surface area contributed by atoms with Crippen LogP contribution in [0, 0.1) is 6.92 Å². The molecule has 7 nitrogen and oxygen atoms in total. The van der Waals surface area contributed by atoms with Crippen LogP contribution in [-0.4, -0.2) is 25.6 Å². The highest BCUT2D eigenvalue weighted by Gasteiger charge is 2.02. The molecule has 0 aromatic carbocycles. The first kappa shape index (κ1) is 9.38. The quantitative estimate of drug-likeness (QED) is 0.656. The lowest BCUT2D eigenvalue weighted by Crippen LogP contribution is -2.06. The molecule has 0 saturated carbocycles. The average molecular weight is 205 g/mol. The van der Waals surface area contributed by atoms with Crippen molar-refractivity contribution in [2.45, 2.75) is 13.5 Å². The van der Waals surface area contributed by atoms with Crippen molar-refractivity contribution in [3.05, 3.63) is 23.7 Å². The number of H-pyrrole nitrogens is 1. The van der Waals surface area contributed by atoms with Crippen LogP contribution in [0.2, 0.25) is 0 Å². The summed E-state index contributed by atoms with van der Waals surface area (Å²) in [5.41, 5.74) is 7.41. The van der Waals surface area contributed by atoms with Gasteiger partial charge in [0.2, 0.25) is 0 Å². The van der Waals surface area contributed by atoms with Gasteiger partial charge in [0.15, 0.2) is 5.82 Å². The Labute approximate surface area is 86.1 Å². The van der Waals surface area contributed by atoms with Crippen LogP contribution in [0.15, 0.2) is 12.3 Å². The molecule has 0 unspecified atom stereocenters. The zero-order chi connectivity index (χ0) is 10.7. The number of aromatic nitrogens is 5. The number of nitrogen functional groups attached to an aromatic ring is 1. The minimum Gasteiger partial charge on any atom is -0.396 e. The fraction of sp³-hybridized carbons (Fsp3) is 0.250. The molecule has 0 aliphatic carbocycles. The van der Waals surface area contributed by atoms with E-state index in [1.807, 2.05) is 13.0 Å². The van der Waals surface area contributed by atoms with Crippen molar-refractivity contribution in [2.75, 3.05) is 11.1 Å². The van der Waals surface area contributed by atoms with E-state index in [1.165, 1.54) is 0 Å². The van der Waals surface area contributed by atoms with Gasteiger partial charge in [-0.2, -0.15) is 5.21 Å². The molecule has 0 aliphatic heterocycles. The molecular weight excluding hydrogens is 194 g/mol. The molecule has 0 bridgehead atoms. The van der Waals surface area contributed by atoms with Crippen molar-refractivity contribution in [1.82, 2.24) is 25.6 Å². The van der Waals surface area contributed by atoms with Crippen LogP contribution in [0.4, 0.5) is 11.5 Å². The molecule has 0 atom stereocenters. The van der Waals surface area contributed by atoms with Crippen molar-refractivity contribution < 1.29 is 0 Å². The summed E-state index contributed by atoms with van der Waals surface area (Å²) < 4.78 is 0. The summed E-state index contributed by atoms with van der Waals surface area (Å²) in [6, 6.07) is 1.85. The van der Waals surface area contributed by atoms with Gasteiger partial charge in [0.05, 0.1) is 12.2 Å². The number of pyridine rings is 1. The van der Waals surface area contributed by atoms with Gasteiger partial charge < -0.3 is 11.1 Å². The molecule has 0 saturated heterocycles. The summed E-state index contributed by atoms with van der Waals surface area (Å²) in [7, 11) is 0. The van der Waals surface area contributed by atoms with E-state index in [2.05, 4.69) is 30.9 Å². The molecule has 2 aromatic heterocycles. The van der Waals surface area contributed by atoms with Crippen molar-refractivity contribution in [2.24, 2.45) is 0 Å². The largest absolute Gasteiger partial charge is 0.396 e. The number of nitrogens with one attached hydrogen (secondary N) is 2. The van der Waals surface area contributed by atoms with Crippen molar-refractivity contribution in [1.29, 1.82) is 0 Å². The molecule has 0 aliphatic rings. The van der Waals surface area contributed by atoms with Crippen LogP contribution in [0.5, 0.6) is 0 Å². The van der Waals surface area contributed by atoms with E-state index in [4.69, 9.17) is 5.73 Å². The highest BCUT2D eigenvalue weighted by Crippen LogP contribution is 2.15. The average Bonchev–Trinajstić information content (AvgIpc) is 2.69. The summed E-state index contributed by atoms with van der Waals surface area (Å²) in [5, 5.41) is 16.4. The van der Waals surface area contributed by atoms with Crippen LogP contribution >= 0.6 is 0 Å². The van der Waals surface area contributed by atoms with E-state index >= 15 is 0 Å². The topological polar surface area (TPSA) is 105 Å². The molecule has 0 amide bonds. The Bertz CT molecular complexity index is 436. The lowest BCUT2D eigenvalue weighted by molar-refractivity contribution is 0.881. The van der Waals surface area contributed by atoms with Crippen LogP contribution < -0.4 is 11.1 Å². The number of nitrogens with zero attached hydrogens (tertiary/aromatic N) is 4. The molecule has 0 spiro atoms.